The third kappa shape index (κ3) is 3.90. The molecule has 1 aromatic heterocycles. The van der Waals surface area contributed by atoms with Crippen molar-refractivity contribution in [2.75, 3.05) is 46.3 Å². The quantitative estimate of drug-likeness (QED) is 0.799. The van der Waals surface area contributed by atoms with Crippen LogP contribution in [0.2, 0.25) is 0 Å². The number of likely N-dealkylation sites (N-methyl/N-ethyl adjacent to an activating group) is 1. The highest BCUT2D eigenvalue weighted by Gasteiger charge is 2.27. The SMILES string of the molecule is CN1CCN(CCCNC(=O)c2nn(C)c3c2CSc2ccccc2-3)CC1. The number of fused-ring (bicyclic) bond motifs is 3. The van der Waals surface area contributed by atoms with Crippen molar-refractivity contribution in [3.05, 3.63) is 35.5 Å². The smallest absolute Gasteiger partial charge is 0.272 e. The molecular weight excluding hydrogens is 358 g/mol. The molecule has 0 radical (unpaired) electrons. The summed E-state index contributed by atoms with van der Waals surface area (Å²) < 4.78 is 1.85. The minimum Gasteiger partial charge on any atom is -0.351 e. The largest absolute Gasteiger partial charge is 0.351 e. The van der Waals surface area contributed by atoms with Crippen LogP contribution in [0.25, 0.3) is 11.3 Å². The van der Waals surface area contributed by atoms with Crippen LogP contribution in [-0.4, -0.2) is 71.8 Å². The molecular formula is C20H27N5OS. The number of benzene rings is 1. The van der Waals surface area contributed by atoms with E-state index in [4.69, 9.17) is 0 Å². The first-order valence-corrected chi connectivity index (χ1v) is 10.6. The van der Waals surface area contributed by atoms with Gasteiger partial charge in [-0.1, -0.05) is 18.2 Å². The van der Waals surface area contributed by atoms with Crippen LogP contribution in [0.5, 0.6) is 0 Å². The van der Waals surface area contributed by atoms with Crippen LogP contribution in [0, 0.1) is 0 Å². The van der Waals surface area contributed by atoms with E-state index in [1.807, 2.05) is 17.8 Å². The van der Waals surface area contributed by atoms with E-state index in [-0.39, 0.29) is 5.91 Å². The zero-order chi connectivity index (χ0) is 18.8. The minimum absolute atomic E-state index is 0.0507. The summed E-state index contributed by atoms with van der Waals surface area (Å²) in [7, 11) is 4.09. The average Bonchev–Trinajstić information content (AvgIpc) is 3.04. The van der Waals surface area contributed by atoms with Gasteiger partial charge in [0, 0.05) is 61.5 Å². The number of piperazine rings is 1. The van der Waals surface area contributed by atoms with Crippen LogP contribution >= 0.6 is 11.8 Å². The second kappa shape index (κ2) is 8.04. The zero-order valence-corrected chi connectivity index (χ0v) is 16.9. The van der Waals surface area contributed by atoms with Gasteiger partial charge in [0.25, 0.3) is 5.91 Å². The van der Waals surface area contributed by atoms with Gasteiger partial charge in [-0.25, -0.2) is 0 Å². The molecule has 1 saturated heterocycles. The maximum absolute atomic E-state index is 12.7. The standard InChI is InChI=1S/C20H27N5OS/c1-23-10-12-25(13-11-23)9-5-8-21-20(26)18-16-14-27-17-7-4-3-6-15(17)19(16)24(2)22-18/h3-4,6-7H,5,8-14H2,1-2H3,(H,21,26). The summed E-state index contributed by atoms with van der Waals surface area (Å²) in [5, 5.41) is 7.62. The van der Waals surface area contributed by atoms with Gasteiger partial charge in [-0.05, 0) is 26.1 Å². The van der Waals surface area contributed by atoms with E-state index in [1.165, 1.54) is 10.5 Å². The predicted octanol–water partition coefficient (Wildman–Crippen LogP) is 2.06. The van der Waals surface area contributed by atoms with Gasteiger partial charge >= 0.3 is 0 Å². The van der Waals surface area contributed by atoms with Gasteiger partial charge in [0.2, 0.25) is 0 Å². The van der Waals surface area contributed by atoms with Crippen molar-refractivity contribution < 1.29 is 4.79 Å². The first-order chi connectivity index (χ1) is 13.1. The Morgan fingerprint density at radius 2 is 1.96 bits per heavy atom. The van der Waals surface area contributed by atoms with Gasteiger partial charge in [0.05, 0.1) is 5.69 Å². The van der Waals surface area contributed by atoms with E-state index >= 15 is 0 Å². The van der Waals surface area contributed by atoms with Gasteiger partial charge in [-0.2, -0.15) is 5.10 Å². The van der Waals surface area contributed by atoms with Crippen molar-refractivity contribution in [2.24, 2.45) is 7.05 Å². The van der Waals surface area contributed by atoms with E-state index in [1.54, 1.807) is 11.8 Å². The van der Waals surface area contributed by atoms with Gasteiger partial charge < -0.3 is 15.1 Å². The highest BCUT2D eigenvalue weighted by molar-refractivity contribution is 7.98. The van der Waals surface area contributed by atoms with Gasteiger partial charge in [-0.15, -0.1) is 11.8 Å². The molecule has 2 aromatic rings. The number of amides is 1. The number of hydrogen-bond acceptors (Lipinski definition) is 5. The Morgan fingerprint density at radius 3 is 2.78 bits per heavy atom. The molecule has 1 N–H and O–H groups in total. The summed E-state index contributed by atoms with van der Waals surface area (Å²) in [4.78, 5) is 18.8. The number of carbonyl (C=O) groups excluding carboxylic acids is 1. The zero-order valence-electron chi connectivity index (χ0n) is 16.1. The van der Waals surface area contributed by atoms with Crippen LogP contribution in [0.3, 0.4) is 0 Å². The Kier molecular flexibility index (Phi) is 5.52. The summed E-state index contributed by atoms with van der Waals surface area (Å²) in [5.74, 6) is 0.745. The van der Waals surface area contributed by atoms with Crippen LogP contribution in [0.15, 0.2) is 29.2 Å². The monoisotopic (exact) mass is 385 g/mol. The molecule has 4 rings (SSSR count). The Hall–Kier alpha value is -1.83. The molecule has 0 aliphatic carbocycles. The normalized spacial score (nSPS) is 17.4. The molecule has 1 aromatic carbocycles. The summed E-state index contributed by atoms with van der Waals surface area (Å²) in [6.07, 6.45) is 0.974. The molecule has 3 heterocycles. The van der Waals surface area contributed by atoms with E-state index < -0.39 is 0 Å². The fraction of sp³-hybridized carbons (Fsp3) is 0.500. The maximum atomic E-state index is 12.7. The Bertz CT molecular complexity index is 826. The summed E-state index contributed by atoms with van der Waals surface area (Å²) in [6, 6.07) is 8.34. The first kappa shape index (κ1) is 18.5. The second-order valence-electron chi connectivity index (χ2n) is 7.34. The van der Waals surface area contributed by atoms with Gasteiger partial charge in [0.1, 0.15) is 0 Å². The molecule has 0 atom stereocenters. The van der Waals surface area contributed by atoms with Crippen molar-refractivity contribution in [1.29, 1.82) is 0 Å². The van der Waals surface area contributed by atoms with Gasteiger partial charge in [-0.3, -0.25) is 9.48 Å². The summed E-state index contributed by atoms with van der Waals surface area (Å²) in [5.41, 5.74) is 3.88. The van der Waals surface area contributed by atoms with E-state index in [2.05, 4.69) is 45.5 Å². The molecule has 0 spiro atoms. The molecule has 0 unspecified atom stereocenters. The van der Waals surface area contributed by atoms with Crippen LogP contribution in [-0.2, 0) is 12.8 Å². The molecule has 0 bridgehead atoms. The number of nitrogens with zero attached hydrogens (tertiary/aromatic N) is 4. The average molecular weight is 386 g/mol. The Labute approximate surface area is 164 Å². The highest BCUT2D eigenvalue weighted by Crippen LogP contribution is 2.42. The van der Waals surface area contributed by atoms with Crippen LogP contribution in [0.4, 0.5) is 0 Å². The van der Waals surface area contributed by atoms with E-state index in [0.29, 0.717) is 12.2 Å². The number of aryl methyl sites for hydroxylation is 1. The van der Waals surface area contributed by atoms with E-state index in [0.717, 1.165) is 56.2 Å². The molecule has 2 aliphatic heterocycles. The number of rotatable bonds is 5. The van der Waals surface area contributed by atoms with Gasteiger partial charge in [0.15, 0.2) is 5.69 Å². The van der Waals surface area contributed by atoms with Crippen molar-refractivity contribution in [3.63, 3.8) is 0 Å². The third-order valence-electron chi connectivity index (χ3n) is 5.41. The molecule has 1 fully saturated rings. The Morgan fingerprint density at radius 1 is 1.19 bits per heavy atom. The Balaban J connectivity index is 1.36. The second-order valence-corrected chi connectivity index (χ2v) is 8.36. The fourth-order valence-electron chi connectivity index (χ4n) is 3.82. The highest BCUT2D eigenvalue weighted by atomic mass is 32.2. The third-order valence-corrected chi connectivity index (χ3v) is 6.51. The lowest BCUT2D eigenvalue weighted by Crippen LogP contribution is -2.45. The molecule has 27 heavy (non-hydrogen) atoms. The maximum Gasteiger partial charge on any atom is 0.272 e. The lowest BCUT2D eigenvalue weighted by Gasteiger charge is -2.32. The first-order valence-electron chi connectivity index (χ1n) is 9.60. The van der Waals surface area contributed by atoms with Crippen molar-refractivity contribution in [3.8, 4) is 11.3 Å². The van der Waals surface area contributed by atoms with Crippen molar-refractivity contribution >= 4 is 17.7 Å². The number of hydrogen-bond donors (Lipinski definition) is 1. The summed E-state index contributed by atoms with van der Waals surface area (Å²) >= 11 is 1.78. The number of aromatic nitrogens is 2. The topological polar surface area (TPSA) is 53.4 Å². The minimum atomic E-state index is -0.0507. The molecule has 144 valence electrons. The lowest BCUT2D eigenvalue weighted by molar-refractivity contribution is 0.0943. The molecule has 7 heteroatoms. The van der Waals surface area contributed by atoms with Crippen LogP contribution < -0.4 is 5.32 Å². The lowest BCUT2D eigenvalue weighted by atomic mass is 10.1. The molecule has 2 aliphatic rings. The molecule has 6 nitrogen and oxygen atoms in total. The fourth-order valence-corrected chi connectivity index (χ4v) is 4.89. The van der Waals surface area contributed by atoms with Crippen molar-refractivity contribution in [1.82, 2.24) is 24.9 Å². The summed E-state index contributed by atoms with van der Waals surface area (Å²) in [6.45, 7) is 6.23. The molecule has 0 saturated carbocycles. The van der Waals surface area contributed by atoms with Crippen LogP contribution in [0.1, 0.15) is 22.5 Å². The van der Waals surface area contributed by atoms with Crippen molar-refractivity contribution in [2.45, 2.75) is 17.1 Å². The number of carbonyl (C=O) groups is 1. The number of thioether (sulfide) groups is 1. The molecule has 1 amide bonds. The predicted molar refractivity (Wildman–Crippen MR) is 109 cm³/mol. The van der Waals surface area contributed by atoms with E-state index in [9.17, 15) is 4.79 Å². The number of nitrogens with one attached hydrogen (secondary N) is 1.